The first kappa shape index (κ1) is 13.1. The molecule has 1 aliphatic rings. The molecule has 6 nitrogen and oxygen atoms in total. The van der Waals surface area contributed by atoms with E-state index >= 15 is 0 Å². The first-order valence-corrected chi connectivity index (χ1v) is 6.95. The van der Waals surface area contributed by atoms with Crippen LogP contribution in [0.3, 0.4) is 0 Å². The van der Waals surface area contributed by atoms with Crippen molar-refractivity contribution in [3.8, 4) is 0 Å². The number of furan rings is 1. The Labute approximate surface area is 105 Å². The maximum Gasteiger partial charge on any atom is 0.267 e. The molecule has 0 atom stereocenters. The van der Waals surface area contributed by atoms with Gasteiger partial charge in [-0.1, -0.05) is 0 Å². The molecule has 100 valence electrons. The molecule has 1 aromatic rings. The molecule has 2 heterocycles. The van der Waals surface area contributed by atoms with Gasteiger partial charge in [0.15, 0.2) is 0 Å². The predicted molar refractivity (Wildman–Crippen MR) is 62.4 cm³/mol. The minimum Gasteiger partial charge on any atom is -0.465 e. The van der Waals surface area contributed by atoms with Crippen molar-refractivity contribution in [1.29, 1.82) is 0 Å². The normalized spacial score (nSPS) is 18.2. The van der Waals surface area contributed by atoms with E-state index in [4.69, 9.17) is 9.15 Å². The predicted octanol–water partition coefficient (Wildman–Crippen LogP) is 0.738. The van der Waals surface area contributed by atoms with Gasteiger partial charge in [0.25, 0.3) is 10.0 Å². The standard InChI is InChI=1S/C11H15NO5S/c1-7-4-9(8(2)17-7)18(14,15)12-10(13)11(3)5-16-6-11/h4H,5-6H2,1-3H3,(H,12,13). The van der Waals surface area contributed by atoms with E-state index in [-0.39, 0.29) is 23.9 Å². The van der Waals surface area contributed by atoms with Crippen molar-refractivity contribution >= 4 is 15.9 Å². The van der Waals surface area contributed by atoms with Crippen molar-refractivity contribution in [2.45, 2.75) is 25.7 Å². The van der Waals surface area contributed by atoms with Gasteiger partial charge in [-0.15, -0.1) is 0 Å². The van der Waals surface area contributed by atoms with Crippen LogP contribution in [0.2, 0.25) is 0 Å². The lowest BCUT2D eigenvalue weighted by molar-refractivity contribution is -0.155. The molecule has 1 saturated heterocycles. The highest BCUT2D eigenvalue weighted by atomic mass is 32.2. The summed E-state index contributed by atoms with van der Waals surface area (Å²) in [5, 5.41) is 0. The Morgan fingerprint density at radius 1 is 1.39 bits per heavy atom. The zero-order valence-corrected chi connectivity index (χ0v) is 11.3. The quantitative estimate of drug-likeness (QED) is 0.877. The first-order valence-electron chi connectivity index (χ1n) is 5.47. The summed E-state index contributed by atoms with van der Waals surface area (Å²) in [6.07, 6.45) is 0. The Balaban J connectivity index is 2.22. The fraction of sp³-hybridized carbons (Fsp3) is 0.545. The van der Waals surface area contributed by atoms with Gasteiger partial charge < -0.3 is 9.15 Å². The maximum atomic E-state index is 12.0. The molecule has 0 aliphatic carbocycles. The molecular weight excluding hydrogens is 258 g/mol. The van der Waals surface area contributed by atoms with Crippen LogP contribution in [0.15, 0.2) is 15.4 Å². The highest BCUT2D eigenvalue weighted by Crippen LogP contribution is 2.28. The minimum absolute atomic E-state index is 0.00260. The van der Waals surface area contributed by atoms with E-state index in [1.54, 1.807) is 20.8 Å². The average molecular weight is 273 g/mol. The summed E-state index contributed by atoms with van der Waals surface area (Å²) in [5.41, 5.74) is -0.764. The largest absolute Gasteiger partial charge is 0.465 e. The maximum absolute atomic E-state index is 12.0. The van der Waals surface area contributed by atoms with Crippen LogP contribution in [0.5, 0.6) is 0 Å². The summed E-state index contributed by atoms with van der Waals surface area (Å²) in [7, 11) is -3.88. The third kappa shape index (κ3) is 2.15. The second-order valence-corrected chi connectivity index (χ2v) is 6.42. The monoisotopic (exact) mass is 273 g/mol. The zero-order valence-electron chi connectivity index (χ0n) is 10.4. The van der Waals surface area contributed by atoms with Crippen LogP contribution in [-0.2, 0) is 19.6 Å². The molecule has 1 fully saturated rings. The molecule has 1 aliphatic heterocycles. The van der Waals surface area contributed by atoms with Crippen LogP contribution in [0, 0.1) is 19.3 Å². The number of nitrogens with one attached hydrogen (secondary N) is 1. The summed E-state index contributed by atoms with van der Waals surface area (Å²) in [5.74, 6) is 0.202. The van der Waals surface area contributed by atoms with Crippen LogP contribution in [0.1, 0.15) is 18.4 Å². The number of hydrogen-bond donors (Lipinski definition) is 1. The summed E-state index contributed by atoms with van der Waals surface area (Å²) < 4.78 is 36.2. The van der Waals surface area contributed by atoms with Gasteiger partial charge in [0.2, 0.25) is 5.91 Å². The molecule has 1 N–H and O–H groups in total. The van der Waals surface area contributed by atoms with Crippen molar-refractivity contribution in [2.75, 3.05) is 13.2 Å². The van der Waals surface area contributed by atoms with Gasteiger partial charge in [-0.25, -0.2) is 13.1 Å². The molecule has 1 aromatic heterocycles. The van der Waals surface area contributed by atoms with Gasteiger partial charge >= 0.3 is 0 Å². The number of aryl methyl sites for hydroxylation is 2. The molecule has 0 saturated carbocycles. The van der Waals surface area contributed by atoms with Crippen LogP contribution >= 0.6 is 0 Å². The highest BCUT2D eigenvalue weighted by Gasteiger charge is 2.43. The van der Waals surface area contributed by atoms with Crippen molar-refractivity contribution in [2.24, 2.45) is 5.41 Å². The Bertz CT molecular complexity index is 583. The van der Waals surface area contributed by atoms with Crippen molar-refractivity contribution in [3.05, 3.63) is 17.6 Å². The van der Waals surface area contributed by atoms with E-state index < -0.39 is 21.3 Å². The van der Waals surface area contributed by atoms with E-state index in [1.807, 2.05) is 0 Å². The van der Waals surface area contributed by atoms with Crippen molar-refractivity contribution in [3.63, 3.8) is 0 Å². The SMILES string of the molecule is Cc1cc(S(=O)(=O)NC(=O)C2(C)COC2)c(C)o1. The molecule has 0 spiro atoms. The fourth-order valence-electron chi connectivity index (χ4n) is 1.71. The number of rotatable bonds is 3. The number of sulfonamides is 1. The lowest BCUT2D eigenvalue weighted by atomic mass is 9.88. The molecule has 2 rings (SSSR count). The summed E-state index contributed by atoms with van der Waals surface area (Å²) in [6.45, 7) is 5.32. The molecule has 0 radical (unpaired) electrons. The second-order valence-electron chi connectivity index (χ2n) is 4.77. The third-order valence-corrected chi connectivity index (χ3v) is 4.34. The van der Waals surface area contributed by atoms with Gasteiger partial charge in [0.05, 0.1) is 18.6 Å². The summed E-state index contributed by atoms with van der Waals surface area (Å²) in [6, 6.07) is 1.39. The van der Waals surface area contributed by atoms with Gasteiger partial charge in [-0.3, -0.25) is 4.79 Å². The van der Waals surface area contributed by atoms with Gasteiger partial charge in [0, 0.05) is 6.07 Å². The molecule has 18 heavy (non-hydrogen) atoms. The lowest BCUT2D eigenvalue weighted by Gasteiger charge is -2.35. The molecule has 0 aromatic carbocycles. The Hall–Kier alpha value is -1.34. The third-order valence-electron chi connectivity index (χ3n) is 2.90. The lowest BCUT2D eigenvalue weighted by Crippen LogP contribution is -2.53. The smallest absolute Gasteiger partial charge is 0.267 e. The molecule has 1 amide bonds. The average Bonchev–Trinajstić information content (AvgIpc) is 2.54. The zero-order chi connectivity index (χ0) is 13.6. The summed E-state index contributed by atoms with van der Waals surface area (Å²) >= 11 is 0. The first-order chi connectivity index (χ1) is 8.24. The topological polar surface area (TPSA) is 85.6 Å². The van der Waals surface area contributed by atoms with Crippen LogP contribution in [0.25, 0.3) is 0 Å². The van der Waals surface area contributed by atoms with E-state index in [9.17, 15) is 13.2 Å². The minimum atomic E-state index is -3.88. The number of ether oxygens (including phenoxy) is 1. The van der Waals surface area contributed by atoms with Gasteiger partial charge in [-0.05, 0) is 20.8 Å². The number of hydrogen-bond acceptors (Lipinski definition) is 5. The highest BCUT2D eigenvalue weighted by molar-refractivity contribution is 7.90. The van der Waals surface area contributed by atoms with E-state index in [1.165, 1.54) is 6.07 Å². The summed E-state index contributed by atoms with van der Waals surface area (Å²) in [4.78, 5) is 11.9. The number of carbonyl (C=O) groups excluding carboxylic acids is 1. The Kier molecular flexibility index (Phi) is 2.98. The van der Waals surface area contributed by atoms with Crippen molar-refractivity contribution in [1.82, 2.24) is 4.72 Å². The van der Waals surface area contributed by atoms with E-state index in [0.717, 1.165) is 0 Å². The van der Waals surface area contributed by atoms with Crippen LogP contribution in [-0.4, -0.2) is 27.5 Å². The Morgan fingerprint density at radius 2 is 2.00 bits per heavy atom. The van der Waals surface area contributed by atoms with Gasteiger partial charge in [-0.2, -0.15) is 0 Å². The molecule has 0 bridgehead atoms. The van der Waals surface area contributed by atoms with E-state index in [0.29, 0.717) is 5.76 Å². The fourth-order valence-corrected chi connectivity index (χ4v) is 3.06. The second kappa shape index (κ2) is 4.10. The molecule has 0 unspecified atom stereocenters. The Morgan fingerprint density at radius 3 is 2.39 bits per heavy atom. The molecule has 7 heteroatoms. The number of carbonyl (C=O) groups is 1. The molecular formula is C11H15NO5S. The van der Waals surface area contributed by atoms with Crippen LogP contribution < -0.4 is 4.72 Å². The van der Waals surface area contributed by atoms with Crippen LogP contribution in [0.4, 0.5) is 0 Å². The number of amides is 1. The van der Waals surface area contributed by atoms with Crippen molar-refractivity contribution < 1.29 is 22.4 Å². The van der Waals surface area contributed by atoms with Gasteiger partial charge in [0.1, 0.15) is 16.4 Å². The van der Waals surface area contributed by atoms with E-state index in [2.05, 4.69) is 4.72 Å².